The Labute approximate surface area is 131 Å². The lowest BCUT2D eigenvalue weighted by Crippen LogP contribution is -2.33. The van der Waals surface area contributed by atoms with Crippen molar-refractivity contribution in [3.63, 3.8) is 0 Å². The van der Waals surface area contributed by atoms with Crippen LogP contribution in [0.5, 0.6) is 0 Å². The van der Waals surface area contributed by atoms with Gasteiger partial charge in [0.1, 0.15) is 0 Å². The number of rotatable bonds is 2. The van der Waals surface area contributed by atoms with Crippen molar-refractivity contribution in [2.24, 2.45) is 0 Å². The molecule has 2 aromatic heterocycles. The lowest BCUT2D eigenvalue weighted by molar-refractivity contribution is 0.0771. The number of nitrogens with zero attached hydrogens (tertiary/aromatic N) is 1. The highest BCUT2D eigenvalue weighted by molar-refractivity contribution is 7.91. The maximum Gasteiger partial charge on any atom is 0.263 e. The number of carbonyl (C=O) groups excluding carboxylic acids is 1. The van der Waals surface area contributed by atoms with E-state index in [-0.39, 0.29) is 18.2 Å². The topological polar surface area (TPSA) is 54.5 Å². The zero-order chi connectivity index (χ0) is 14.9. The first-order valence-electron chi connectivity index (χ1n) is 6.66. The fourth-order valence-electron chi connectivity index (χ4n) is 2.50. The van der Waals surface area contributed by atoms with Crippen molar-refractivity contribution in [2.45, 2.75) is 11.7 Å². The zero-order valence-corrected chi connectivity index (χ0v) is 13.7. The van der Waals surface area contributed by atoms with Gasteiger partial charge in [0.2, 0.25) is 0 Å². The van der Waals surface area contributed by atoms with E-state index in [4.69, 9.17) is 0 Å². The van der Waals surface area contributed by atoms with Gasteiger partial charge in [-0.05, 0) is 29.3 Å². The Morgan fingerprint density at radius 3 is 2.57 bits per heavy atom. The highest BCUT2D eigenvalue weighted by atomic mass is 32.2. The first-order chi connectivity index (χ1) is 10.1. The Morgan fingerprint density at radius 2 is 1.90 bits per heavy atom. The third-order valence-electron chi connectivity index (χ3n) is 3.62. The average Bonchev–Trinajstić information content (AvgIpc) is 3.12. The second kappa shape index (κ2) is 5.90. The summed E-state index contributed by atoms with van der Waals surface area (Å²) >= 11 is 2.86. The molecule has 0 radical (unpaired) electrons. The lowest BCUT2D eigenvalue weighted by Gasteiger charge is -2.18. The normalized spacial score (nSPS) is 21.9. The Bertz CT molecular complexity index is 705. The predicted molar refractivity (Wildman–Crippen MR) is 85.7 cm³/mol. The summed E-state index contributed by atoms with van der Waals surface area (Å²) in [5, 5.41) is 3.28. The number of hydrogen-bond donors (Lipinski definition) is 0. The van der Waals surface area contributed by atoms with Gasteiger partial charge in [0.05, 0.1) is 15.9 Å². The number of thiophene rings is 2. The van der Waals surface area contributed by atoms with E-state index in [2.05, 4.69) is 0 Å². The van der Waals surface area contributed by atoms with Crippen molar-refractivity contribution in [3.05, 3.63) is 44.8 Å². The summed E-state index contributed by atoms with van der Waals surface area (Å²) in [6.07, 6.45) is 0.472. The van der Waals surface area contributed by atoms with Gasteiger partial charge < -0.3 is 4.90 Å². The molecule has 4 nitrogen and oxygen atoms in total. The SMILES string of the molecule is O=C(c1cccs1)N1CC[C@H](c2cccs2)S(=O)(=O)CC1. The molecule has 112 valence electrons. The highest BCUT2D eigenvalue weighted by Gasteiger charge is 2.33. The molecular weight excluding hydrogens is 326 g/mol. The standard InChI is InChI=1S/C14H15NO3S3/c16-14(12-4-2-9-20-12)15-6-5-13(11-3-1-8-19-11)21(17,18)10-7-15/h1-4,8-9,13H,5-7,10H2/t13-/m1/s1. The van der Waals surface area contributed by atoms with Crippen LogP contribution in [0.25, 0.3) is 0 Å². The van der Waals surface area contributed by atoms with Crippen LogP contribution in [0.4, 0.5) is 0 Å². The molecule has 0 bridgehead atoms. The minimum atomic E-state index is -3.20. The highest BCUT2D eigenvalue weighted by Crippen LogP contribution is 2.32. The van der Waals surface area contributed by atoms with Crippen LogP contribution >= 0.6 is 22.7 Å². The molecule has 3 rings (SSSR count). The summed E-state index contributed by atoms with van der Waals surface area (Å²) in [5.41, 5.74) is 0. The number of sulfone groups is 1. The van der Waals surface area contributed by atoms with Crippen LogP contribution in [0.2, 0.25) is 0 Å². The molecule has 1 aliphatic heterocycles. The number of amides is 1. The Balaban J connectivity index is 1.81. The fourth-order valence-corrected chi connectivity index (χ4v) is 6.19. The third kappa shape index (κ3) is 3.04. The van der Waals surface area contributed by atoms with Gasteiger partial charge in [0.25, 0.3) is 5.91 Å². The maximum atomic E-state index is 12.4. The van der Waals surface area contributed by atoms with E-state index in [0.29, 0.717) is 17.8 Å². The van der Waals surface area contributed by atoms with Crippen molar-refractivity contribution >= 4 is 38.4 Å². The van der Waals surface area contributed by atoms with E-state index in [9.17, 15) is 13.2 Å². The van der Waals surface area contributed by atoms with E-state index < -0.39 is 15.1 Å². The molecule has 1 atom stereocenters. The van der Waals surface area contributed by atoms with E-state index in [1.165, 1.54) is 22.7 Å². The first-order valence-corrected chi connectivity index (χ1v) is 10.1. The lowest BCUT2D eigenvalue weighted by atomic mass is 10.2. The molecule has 1 amide bonds. The summed E-state index contributed by atoms with van der Waals surface area (Å²) in [6, 6.07) is 7.35. The molecule has 1 aliphatic rings. The molecule has 1 saturated heterocycles. The van der Waals surface area contributed by atoms with Crippen molar-refractivity contribution < 1.29 is 13.2 Å². The predicted octanol–water partition coefficient (Wildman–Crippen LogP) is 2.81. The number of carbonyl (C=O) groups is 1. The molecular formula is C14H15NO3S3. The summed E-state index contributed by atoms with van der Waals surface area (Å²) in [4.78, 5) is 15.6. The van der Waals surface area contributed by atoms with Gasteiger partial charge in [-0.1, -0.05) is 12.1 Å². The van der Waals surface area contributed by atoms with Crippen LogP contribution < -0.4 is 0 Å². The van der Waals surface area contributed by atoms with Crippen LogP contribution in [-0.4, -0.2) is 38.1 Å². The molecule has 2 aromatic rings. The molecule has 0 spiro atoms. The molecule has 0 unspecified atom stereocenters. The van der Waals surface area contributed by atoms with Gasteiger partial charge in [-0.2, -0.15) is 0 Å². The summed E-state index contributed by atoms with van der Waals surface area (Å²) in [5.74, 6) is -0.0285. The molecule has 0 aromatic carbocycles. The van der Waals surface area contributed by atoms with Crippen molar-refractivity contribution in [3.8, 4) is 0 Å². The fraction of sp³-hybridized carbons (Fsp3) is 0.357. The van der Waals surface area contributed by atoms with Gasteiger partial charge in [-0.15, -0.1) is 22.7 Å². The largest absolute Gasteiger partial charge is 0.337 e. The van der Waals surface area contributed by atoms with Crippen LogP contribution in [0, 0.1) is 0 Å². The summed E-state index contributed by atoms with van der Waals surface area (Å²) < 4.78 is 24.9. The Kier molecular flexibility index (Phi) is 4.14. The third-order valence-corrected chi connectivity index (χ3v) is 7.72. The Morgan fingerprint density at radius 1 is 1.14 bits per heavy atom. The quantitative estimate of drug-likeness (QED) is 0.844. The molecule has 3 heterocycles. The minimum absolute atomic E-state index is 0.0344. The second-order valence-corrected chi connectivity index (χ2v) is 9.16. The molecule has 1 fully saturated rings. The number of hydrogen-bond acceptors (Lipinski definition) is 5. The summed E-state index contributed by atoms with van der Waals surface area (Å²) in [7, 11) is -3.20. The van der Waals surface area contributed by atoms with Gasteiger partial charge in [0.15, 0.2) is 9.84 Å². The second-order valence-electron chi connectivity index (χ2n) is 4.93. The van der Waals surface area contributed by atoms with Gasteiger partial charge >= 0.3 is 0 Å². The Hall–Kier alpha value is -1.18. The van der Waals surface area contributed by atoms with Gasteiger partial charge in [0, 0.05) is 18.0 Å². The van der Waals surface area contributed by atoms with E-state index in [1.807, 2.05) is 29.0 Å². The molecule has 21 heavy (non-hydrogen) atoms. The van der Waals surface area contributed by atoms with Crippen LogP contribution in [0.15, 0.2) is 35.0 Å². The van der Waals surface area contributed by atoms with Gasteiger partial charge in [-0.25, -0.2) is 8.42 Å². The van der Waals surface area contributed by atoms with E-state index in [1.54, 1.807) is 11.0 Å². The van der Waals surface area contributed by atoms with Crippen LogP contribution in [0.1, 0.15) is 26.2 Å². The van der Waals surface area contributed by atoms with Crippen LogP contribution in [0.3, 0.4) is 0 Å². The first kappa shape index (κ1) is 14.7. The van der Waals surface area contributed by atoms with E-state index >= 15 is 0 Å². The zero-order valence-electron chi connectivity index (χ0n) is 11.3. The van der Waals surface area contributed by atoms with Crippen molar-refractivity contribution in [1.82, 2.24) is 4.90 Å². The van der Waals surface area contributed by atoms with Crippen LogP contribution in [-0.2, 0) is 9.84 Å². The smallest absolute Gasteiger partial charge is 0.263 e. The molecule has 7 heteroatoms. The average molecular weight is 341 g/mol. The maximum absolute atomic E-state index is 12.4. The van der Waals surface area contributed by atoms with E-state index in [0.717, 1.165) is 4.88 Å². The van der Waals surface area contributed by atoms with Gasteiger partial charge in [-0.3, -0.25) is 4.79 Å². The van der Waals surface area contributed by atoms with Crippen molar-refractivity contribution in [2.75, 3.05) is 18.8 Å². The molecule has 0 saturated carbocycles. The monoisotopic (exact) mass is 341 g/mol. The van der Waals surface area contributed by atoms with Crippen molar-refractivity contribution in [1.29, 1.82) is 0 Å². The molecule has 0 N–H and O–H groups in total. The minimum Gasteiger partial charge on any atom is -0.337 e. The molecule has 0 aliphatic carbocycles. The summed E-state index contributed by atoms with van der Waals surface area (Å²) in [6.45, 7) is 0.763.